The number of hydrogen-bond acceptors (Lipinski definition) is 2. The molecule has 238 valence electrons. The van der Waals surface area contributed by atoms with Crippen LogP contribution in [-0.2, 0) is 6.42 Å². The largest absolute Gasteiger partial charge is 0.256 e. The van der Waals surface area contributed by atoms with Gasteiger partial charge in [-0.25, -0.2) is 0 Å². The molecular formula is C49H32N2. The van der Waals surface area contributed by atoms with E-state index in [4.69, 9.17) is 9.97 Å². The summed E-state index contributed by atoms with van der Waals surface area (Å²) < 4.78 is 0. The van der Waals surface area contributed by atoms with Crippen LogP contribution in [0.25, 0.3) is 88.6 Å². The summed E-state index contributed by atoms with van der Waals surface area (Å²) in [4.78, 5) is 9.73. The Bertz CT molecular complexity index is 2560. The Kier molecular flexibility index (Phi) is 6.92. The zero-order valence-corrected chi connectivity index (χ0v) is 27.9. The second-order valence-electron chi connectivity index (χ2n) is 13.3. The number of fused-ring (bicyclic) bond motifs is 7. The highest BCUT2D eigenvalue weighted by atomic mass is 14.7. The van der Waals surface area contributed by atoms with E-state index in [1.807, 2.05) is 24.5 Å². The molecule has 51 heavy (non-hydrogen) atoms. The number of rotatable bonds is 4. The summed E-state index contributed by atoms with van der Waals surface area (Å²) in [5.41, 5.74) is 19.3. The van der Waals surface area contributed by atoms with E-state index in [-0.39, 0.29) is 0 Å². The first-order chi connectivity index (χ1) is 25.3. The lowest BCUT2D eigenvalue weighted by molar-refractivity contribution is 1.21. The van der Waals surface area contributed by atoms with Crippen molar-refractivity contribution >= 4 is 21.8 Å². The van der Waals surface area contributed by atoms with E-state index in [0.717, 1.165) is 39.4 Å². The van der Waals surface area contributed by atoms with Crippen molar-refractivity contribution in [1.82, 2.24) is 9.97 Å². The molecule has 0 saturated heterocycles. The average molecular weight is 649 g/mol. The molecule has 7 aromatic carbocycles. The summed E-state index contributed by atoms with van der Waals surface area (Å²) in [7, 11) is 0. The van der Waals surface area contributed by atoms with E-state index >= 15 is 0 Å². The number of nitrogens with zero attached hydrogens (tertiary/aromatic N) is 2. The van der Waals surface area contributed by atoms with Crippen LogP contribution in [0.2, 0.25) is 0 Å². The monoisotopic (exact) mass is 648 g/mol. The number of aromatic nitrogens is 2. The predicted octanol–water partition coefficient (Wildman–Crippen LogP) is 12.7. The Labute approximate surface area is 297 Å². The maximum Gasteiger partial charge on any atom is 0.0780 e. The molecule has 2 nitrogen and oxygen atoms in total. The van der Waals surface area contributed by atoms with Gasteiger partial charge in [0, 0.05) is 34.3 Å². The highest BCUT2D eigenvalue weighted by molar-refractivity contribution is 6.02. The quantitative estimate of drug-likeness (QED) is 0.190. The number of hydrogen-bond donors (Lipinski definition) is 0. The van der Waals surface area contributed by atoms with Crippen molar-refractivity contribution in [1.29, 1.82) is 0 Å². The summed E-state index contributed by atoms with van der Waals surface area (Å²) in [6.45, 7) is 0. The fourth-order valence-electron chi connectivity index (χ4n) is 8.07. The molecule has 0 spiro atoms. The van der Waals surface area contributed by atoms with Gasteiger partial charge in [-0.2, -0.15) is 0 Å². The van der Waals surface area contributed by atoms with E-state index in [2.05, 4.69) is 158 Å². The molecule has 2 aromatic heterocycles. The van der Waals surface area contributed by atoms with Crippen LogP contribution in [0.1, 0.15) is 11.1 Å². The molecule has 2 heterocycles. The van der Waals surface area contributed by atoms with Crippen LogP contribution in [0.3, 0.4) is 0 Å². The van der Waals surface area contributed by atoms with Crippen molar-refractivity contribution in [2.24, 2.45) is 0 Å². The van der Waals surface area contributed by atoms with Crippen LogP contribution in [0.4, 0.5) is 0 Å². The highest BCUT2D eigenvalue weighted by Gasteiger charge is 2.26. The summed E-state index contributed by atoms with van der Waals surface area (Å²) in [5.74, 6) is 0. The first-order valence-corrected chi connectivity index (χ1v) is 17.5. The maximum atomic E-state index is 4.87. The summed E-state index contributed by atoms with van der Waals surface area (Å²) in [5, 5.41) is 2.28. The number of pyridine rings is 2. The Balaban J connectivity index is 1.30. The minimum Gasteiger partial charge on any atom is -0.256 e. The molecule has 0 unspecified atom stereocenters. The van der Waals surface area contributed by atoms with Crippen LogP contribution in [0, 0.1) is 0 Å². The first-order valence-electron chi connectivity index (χ1n) is 17.5. The standard InChI is InChI=1S/C49H32N2/c1-3-13-32(14-4-1)42-27-36(38-23-9-17-34-19-11-25-50-48(34)38)29-44-40-21-7-8-22-41(40)45-30-37(39-24-10-18-35-20-12-26-51-49(35)39)28-43(47(45)31-46(42)44)33-15-5-2-6-16-33/h1-30H,31H2. The van der Waals surface area contributed by atoms with Crippen LogP contribution in [-0.4, -0.2) is 9.97 Å². The van der Waals surface area contributed by atoms with Crippen LogP contribution in [0.5, 0.6) is 0 Å². The van der Waals surface area contributed by atoms with Crippen molar-refractivity contribution in [3.8, 4) is 66.8 Å². The van der Waals surface area contributed by atoms with Crippen molar-refractivity contribution in [3.05, 3.63) is 193 Å². The van der Waals surface area contributed by atoms with E-state index in [9.17, 15) is 0 Å². The maximum absolute atomic E-state index is 4.87. The van der Waals surface area contributed by atoms with Gasteiger partial charge in [0.1, 0.15) is 0 Å². The lowest BCUT2D eigenvalue weighted by atomic mass is 9.84. The van der Waals surface area contributed by atoms with E-state index in [0.29, 0.717) is 0 Å². The van der Waals surface area contributed by atoms with Gasteiger partial charge in [-0.1, -0.05) is 133 Å². The Morgan fingerprint density at radius 2 is 0.686 bits per heavy atom. The van der Waals surface area contributed by atoms with Crippen LogP contribution >= 0.6 is 0 Å². The Morgan fingerprint density at radius 3 is 1.16 bits per heavy atom. The summed E-state index contributed by atoms with van der Waals surface area (Å²) in [6, 6.07) is 61.6. The van der Waals surface area contributed by atoms with E-state index in [1.54, 1.807) is 0 Å². The van der Waals surface area contributed by atoms with Crippen molar-refractivity contribution < 1.29 is 0 Å². The molecule has 2 heteroatoms. The third-order valence-electron chi connectivity index (χ3n) is 10.4. The zero-order valence-electron chi connectivity index (χ0n) is 27.9. The third kappa shape index (κ3) is 4.95. The lowest BCUT2D eigenvalue weighted by Gasteiger charge is -2.20. The smallest absolute Gasteiger partial charge is 0.0780 e. The molecule has 0 N–H and O–H groups in total. The Morgan fingerprint density at radius 1 is 0.294 bits per heavy atom. The highest BCUT2D eigenvalue weighted by Crippen LogP contribution is 2.49. The second-order valence-corrected chi connectivity index (χ2v) is 13.3. The van der Waals surface area contributed by atoms with Gasteiger partial charge in [0.15, 0.2) is 0 Å². The molecule has 0 amide bonds. The minimum atomic E-state index is 0.788. The summed E-state index contributed by atoms with van der Waals surface area (Å²) in [6.07, 6.45) is 4.58. The van der Waals surface area contributed by atoms with Crippen LogP contribution in [0.15, 0.2) is 182 Å². The van der Waals surface area contributed by atoms with Crippen LogP contribution < -0.4 is 0 Å². The van der Waals surface area contributed by atoms with Gasteiger partial charge in [0.25, 0.3) is 0 Å². The van der Waals surface area contributed by atoms with Gasteiger partial charge in [0.05, 0.1) is 11.0 Å². The molecule has 0 atom stereocenters. The molecule has 0 fully saturated rings. The molecule has 0 saturated carbocycles. The van der Waals surface area contributed by atoms with Gasteiger partial charge in [-0.3, -0.25) is 9.97 Å². The van der Waals surface area contributed by atoms with Gasteiger partial charge in [0.2, 0.25) is 0 Å². The first kappa shape index (κ1) is 29.3. The van der Waals surface area contributed by atoms with Gasteiger partial charge in [-0.05, 0) is 110 Å². The third-order valence-corrected chi connectivity index (χ3v) is 10.4. The molecule has 1 aliphatic carbocycles. The van der Waals surface area contributed by atoms with Crippen molar-refractivity contribution in [3.63, 3.8) is 0 Å². The zero-order chi connectivity index (χ0) is 33.7. The van der Waals surface area contributed by atoms with Gasteiger partial charge < -0.3 is 0 Å². The molecule has 0 aliphatic heterocycles. The summed E-state index contributed by atoms with van der Waals surface area (Å²) >= 11 is 0. The topological polar surface area (TPSA) is 25.8 Å². The minimum absolute atomic E-state index is 0.788. The fourth-order valence-corrected chi connectivity index (χ4v) is 8.07. The molecule has 0 bridgehead atoms. The van der Waals surface area contributed by atoms with E-state index in [1.165, 1.54) is 66.8 Å². The lowest BCUT2D eigenvalue weighted by Crippen LogP contribution is -1.99. The van der Waals surface area contributed by atoms with E-state index < -0.39 is 0 Å². The molecule has 1 aliphatic rings. The SMILES string of the molecule is c1ccc(-c2cc(-c3cccc4cccnc34)cc3c2Cc2c(-c4ccccc4)cc(-c4cccc5cccnc45)cc2-c2ccccc2-3)cc1. The average Bonchev–Trinajstić information content (AvgIpc) is 3.35. The second kappa shape index (κ2) is 12.0. The molecule has 0 radical (unpaired) electrons. The predicted molar refractivity (Wildman–Crippen MR) is 212 cm³/mol. The van der Waals surface area contributed by atoms with Crippen molar-refractivity contribution in [2.75, 3.05) is 0 Å². The molecule has 9 aromatic rings. The number of para-hydroxylation sites is 2. The fraction of sp³-hybridized carbons (Fsp3) is 0.0204. The molecular weight excluding hydrogens is 617 g/mol. The molecule has 10 rings (SSSR count). The van der Waals surface area contributed by atoms with Gasteiger partial charge in [-0.15, -0.1) is 0 Å². The van der Waals surface area contributed by atoms with Crippen molar-refractivity contribution in [2.45, 2.75) is 6.42 Å². The Hall–Kier alpha value is -6.64. The number of benzene rings is 7. The van der Waals surface area contributed by atoms with Gasteiger partial charge >= 0.3 is 0 Å². The normalized spacial score (nSPS) is 11.8.